The minimum Gasteiger partial charge on any atom is -0.480 e. The maximum atomic E-state index is 14.3. The average Bonchev–Trinajstić information content (AvgIpc) is 3.58. The number of likely N-dealkylation sites (N-methyl/N-ethyl adjacent to an activating group) is 1. The molecule has 5 rings (SSSR count). The number of rotatable bonds is 11. The van der Waals surface area contributed by atoms with Crippen molar-refractivity contribution < 1.29 is 18.7 Å². The van der Waals surface area contributed by atoms with Crippen molar-refractivity contribution in [1.82, 2.24) is 14.8 Å². The maximum absolute atomic E-state index is 14.3. The number of halogens is 5. The zero-order chi connectivity index (χ0) is 30.7. The molecular weight excluding hydrogens is 671 g/mol. The molecule has 1 saturated heterocycles. The molecular formula is C35H48Cl3F2N3O2S. The van der Waals surface area contributed by atoms with Crippen LogP contribution < -0.4 is 0 Å². The predicted molar refractivity (Wildman–Crippen MR) is 191 cm³/mol. The molecule has 2 fully saturated rings. The molecule has 2 heterocycles. The van der Waals surface area contributed by atoms with Crippen molar-refractivity contribution >= 4 is 54.5 Å². The van der Waals surface area contributed by atoms with Gasteiger partial charge in [-0.3, -0.25) is 9.69 Å². The molecule has 2 aromatic carbocycles. The lowest BCUT2D eigenvalue weighted by atomic mass is 9.87. The molecule has 3 unspecified atom stereocenters. The highest BCUT2D eigenvalue weighted by atomic mass is 35.5. The van der Waals surface area contributed by atoms with Crippen LogP contribution >= 0.6 is 48.6 Å². The molecule has 11 heteroatoms. The molecule has 4 atom stereocenters. The minimum atomic E-state index is -0.781. The Kier molecular flexibility index (Phi) is 15.9. The van der Waals surface area contributed by atoms with Crippen molar-refractivity contribution in [1.29, 1.82) is 0 Å². The Morgan fingerprint density at radius 3 is 2.37 bits per heavy atom. The van der Waals surface area contributed by atoms with Gasteiger partial charge in [-0.15, -0.1) is 48.6 Å². The summed E-state index contributed by atoms with van der Waals surface area (Å²) in [6, 6.07) is 13.5. The van der Waals surface area contributed by atoms with E-state index in [0.29, 0.717) is 23.8 Å². The normalized spacial score (nSPS) is 21.0. The van der Waals surface area contributed by atoms with E-state index < -0.39 is 12.0 Å². The Morgan fingerprint density at radius 2 is 1.76 bits per heavy atom. The summed E-state index contributed by atoms with van der Waals surface area (Å²) < 4.78 is 28.6. The number of carbonyl (C=O) groups is 1. The van der Waals surface area contributed by atoms with Gasteiger partial charge in [0, 0.05) is 23.9 Å². The van der Waals surface area contributed by atoms with Crippen LogP contribution in [0.1, 0.15) is 85.0 Å². The number of carboxylic acid groups (broad SMARTS) is 1. The molecule has 256 valence electrons. The van der Waals surface area contributed by atoms with E-state index in [9.17, 15) is 18.7 Å². The van der Waals surface area contributed by atoms with E-state index in [1.165, 1.54) is 17.0 Å². The fourth-order valence-electron chi connectivity index (χ4n) is 7.51. The molecule has 0 amide bonds. The largest absolute Gasteiger partial charge is 0.480 e. The molecule has 46 heavy (non-hydrogen) atoms. The highest BCUT2D eigenvalue weighted by Crippen LogP contribution is 2.44. The molecule has 1 N–H and O–H groups in total. The Bertz CT molecular complexity index is 1400. The third kappa shape index (κ3) is 9.42. The van der Waals surface area contributed by atoms with Crippen molar-refractivity contribution in [2.24, 2.45) is 11.8 Å². The number of aromatic nitrogens is 1. The van der Waals surface area contributed by atoms with Gasteiger partial charge in [0.25, 0.3) is 0 Å². The fourth-order valence-corrected chi connectivity index (χ4v) is 8.86. The summed E-state index contributed by atoms with van der Waals surface area (Å²) in [6.07, 6.45) is 5.27. The Balaban J connectivity index is 0.00000245. The fraction of sp³-hybridized carbons (Fsp3) is 0.543. The number of thiazole rings is 1. The maximum Gasteiger partial charge on any atom is 0.321 e. The van der Waals surface area contributed by atoms with Crippen LogP contribution in [0, 0.1) is 23.5 Å². The van der Waals surface area contributed by atoms with Gasteiger partial charge in [0.1, 0.15) is 17.7 Å². The summed E-state index contributed by atoms with van der Waals surface area (Å²) in [5.41, 5.74) is 2.87. The van der Waals surface area contributed by atoms with E-state index in [4.69, 9.17) is 4.98 Å². The Labute approximate surface area is 295 Å². The second-order valence-electron chi connectivity index (χ2n) is 12.9. The Hall–Kier alpha value is -1.81. The van der Waals surface area contributed by atoms with Gasteiger partial charge in [0.05, 0.1) is 10.7 Å². The molecule has 2 aliphatic rings. The van der Waals surface area contributed by atoms with Crippen LogP contribution in [0.25, 0.3) is 0 Å². The molecule has 0 radical (unpaired) electrons. The number of hydrogen-bond donors (Lipinski definition) is 1. The minimum absolute atomic E-state index is 0. The summed E-state index contributed by atoms with van der Waals surface area (Å²) >= 11 is 1.75. The summed E-state index contributed by atoms with van der Waals surface area (Å²) in [7, 11) is 1.95. The average molecular weight is 719 g/mol. The topological polar surface area (TPSA) is 56.7 Å². The van der Waals surface area contributed by atoms with Crippen LogP contribution in [0.5, 0.6) is 0 Å². The molecule has 1 aliphatic heterocycles. The van der Waals surface area contributed by atoms with Gasteiger partial charge in [-0.05, 0) is 105 Å². The van der Waals surface area contributed by atoms with Crippen molar-refractivity contribution in [2.75, 3.05) is 26.7 Å². The molecule has 0 bridgehead atoms. The smallest absolute Gasteiger partial charge is 0.321 e. The molecule has 1 aromatic heterocycles. The van der Waals surface area contributed by atoms with E-state index in [0.717, 1.165) is 68.0 Å². The predicted octanol–water partition coefficient (Wildman–Crippen LogP) is 8.62. The molecule has 5 nitrogen and oxygen atoms in total. The van der Waals surface area contributed by atoms with Gasteiger partial charge < -0.3 is 10.0 Å². The zero-order valence-electron chi connectivity index (χ0n) is 27.0. The number of benzene rings is 2. The number of aryl methyl sites for hydroxylation is 1. The number of likely N-dealkylation sites (tertiary alicyclic amines) is 1. The summed E-state index contributed by atoms with van der Waals surface area (Å²) in [6.45, 7) is 8.99. The lowest BCUT2D eigenvalue weighted by Gasteiger charge is -2.35. The highest BCUT2D eigenvalue weighted by molar-refractivity contribution is 7.11. The lowest BCUT2D eigenvalue weighted by molar-refractivity contribution is -0.145. The van der Waals surface area contributed by atoms with E-state index in [1.54, 1.807) is 29.5 Å². The lowest BCUT2D eigenvalue weighted by Crippen LogP contribution is -2.47. The first-order valence-electron chi connectivity index (χ1n) is 15.8. The molecule has 1 aliphatic carbocycles. The van der Waals surface area contributed by atoms with Gasteiger partial charge in [-0.1, -0.05) is 51.1 Å². The van der Waals surface area contributed by atoms with Crippen LogP contribution in [0.15, 0.2) is 48.5 Å². The number of carboxylic acids is 1. The summed E-state index contributed by atoms with van der Waals surface area (Å²) in [5, 5.41) is 10.9. The third-order valence-electron chi connectivity index (χ3n) is 9.70. The van der Waals surface area contributed by atoms with Crippen molar-refractivity contribution in [3.63, 3.8) is 0 Å². The summed E-state index contributed by atoms with van der Waals surface area (Å²) in [5.74, 6) is -0.194. The first-order valence-corrected chi connectivity index (χ1v) is 16.6. The zero-order valence-corrected chi connectivity index (χ0v) is 30.3. The SMILES string of the molecule is CCc1nc(Cc2ccccc2F)sc1C1CCN(CC2CC(N(C)[C@@H](C(=O)O)C(C)C)CC2c2cccc(F)c2)CC1.Cl.Cl.Cl. The van der Waals surface area contributed by atoms with Gasteiger partial charge in [-0.2, -0.15) is 0 Å². The van der Waals surface area contributed by atoms with E-state index >= 15 is 0 Å². The van der Waals surface area contributed by atoms with E-state index in [2.05, 4.69) is 16.7 Å². The number of aliphatic carboxylic acids is 1. The van der Waals surface area contributed by atoms with E-state index in [-0.39, 0.29) is 66.7 Å². The first kappa shape index (κ1) is 40.4. The second-order valence-corrected chi connectivity index (χ2v) is 14.0. The number of nitrogens with zero attached hydrogens (tertiary/aromatic N) is 3. The molecule has 0 spiro atoms. The van der Waals surface area contributed by atoms with Crippen LogP contribution in [-0.2, 0) is 17.6 Å². The number of hydrogen-bond acceptors (Lipinski definition) is 5. The van der Waals surface area contributed by atoms with Crippen molar-refractivity contribution in [2.45, 2.75) is 83.2 Å². The van der Waals surface area contributed by atoms with Crippen molar-refractivity contribution in [3.8, 4) is 0 Å². The standard InChI is InChI=1S/C35H45F2N3O2S.3ClH/c1-5-31-34(43-32(38-31)19-25-9-6-7-12-30(25)37)23-13-15-40(16-14-23)21-26-18-28(39(4)33(22(2)3)35(41)42)20-29(26)24-10-8-11-27(36)17-24;;;/h6-12,17,22-23,26,28-29,33H,5,13-16,18-21H2,1-4H3,(H,41,42);3*1H/t26?,28?,29?,33-;;;/m1.../s1. The van der Waals surface area contributed by atoms with Gasteiger partial charge in [0.2, 0.25) is 0 Å². The van der Waals surface area contributed by atoms with Crippen LogP contribution in [0.3, 0.4) is 0 Å². The van der Waals surface area contributed by atoms with Gasteiger partial charge in [0.15, 0.2) is 0 Å². The number of piperidine rings is 1. The quantitative estimate of drug-likeness (QED) is 0.215. The third-order valence-corrected chi connectivity index (χ3v) is 11.0. The highest BCUT2D eigenvalue weighted by Gasteiger charge is 2.42. The summed E-state index contributed by atoms with van der Waals surface area (Å²) in [4.78, 5) is 23.0. The van der Waals surface area contributed by atoms with Crippen LogP contribution in [0.4, 0.5) is 8.78 Å². The Morgan fingerprint density at radius 1 is 1.07 bits per heavy atom. The van der Waals surface area contributed by atoms with Crippen molar-refractivity contribution in [3.05, 3.63) is 86.9 Å². The first-order chi connectivity index (χ1) is 20.6. The van der Waals surface area contributed by atoms with Crippen LogP contribution in [-0.4, -0.2) is 64.6 Å². The second kappa shape index (κ2) is 18.1. The van der Waals surface area contributed by atoms with Gasteiger partial charge in [-0.25, -0.2) is 13.8 Å². The van der Waals surface area contributed by atoms with Gasteiger partial charge >= 0.3 is 5.97 Å². The van der Waals surface area contributed by atoms with E-state index in [1.807, 2.05) is 39.1 Å². The van der Waals surface area contributed by atoms with Crippen LogP contribution in [0.2, 0.25) is 0 Å². The molecule has 3 aromatic rings. The molecule has 1 saturated carbocycles. The monoisotopic (exact) mass is 717 g/mol.